The summed E-state index contributed by atoms with van der Waals surface area (Å²) in [5.41, 5.74) is 0.343. The SMILES string of the molecule is CNC(C)CNC(=O)c1ccc(-c2ccccc2F)o1.Cl. The van der Waals surface area contributed by atoms with E-state index >= 15 is 0 Å². The Kier molecular flexibility index (Phi) is 6.39. The zero-order valence-electron chi connectivity index (χ0n) is 11.9. The van der Waals surface area contributed by atoms with Gasteiger partial charge < -0.3 is 15.1 Å². The van der Waals surface area contributed by atoms with Crippen LogP contribution in [0.4, 0.5) is 4.39 Å². The molecular weight excluding hydrogens is 295 g/mol. The van der Waals surface area contributed by atoms with Gasteiger partial charge in [0.15, 0.2) is 5.76 Å². The lowest BCUT2D eigenvalue weighted by atomic mass is 10.1. The first-order valence-corrected chi connectivity index (χ1v) is 6.42. The molecule has 6 heteroatoms. The number of carbonyl (C=O) groups is 1. The molecule has 0 spiro atoms. The van der Waals surface area contributed by atoms with E-state index < -0.39 is 0 Å². The molecular formula is C15H18ClFN2O2. The molecule has 0 saturated heterocycles. The normalized spacial score (nSPS) is 11.6. The molecule has 0 aliphatic carbocycles. The van der Waals surface area contributed by atoms with Crippen molar-refractivity contribution >= 4 is 18.3 Å². The third kappa shape index (κ3) is 4.31. The van der Waals surface area contributed by atoms with Gasteiger partial charge in [-0.05, 0) is 38.2 Å². The monoisotopic (exact) mass is 312 g/mol. The van der Waals surface area contributed by atoms with Gasteiger partial charge in [0.05, 0.1) is 5.56 Å². The molecule has 21 heavy (non-hydrogen) atoms. The van der Waals surface area contributed by atoms with Crippen LogP contribution in [0, 0.1) is 5.82 Å². The molecule has 4 nitrogen and oxygen atoms in total. The highest BCUT2D eigenvalue weighted by molar-refractivity contribution is 5.92. The largest absolute Gasteiger partial charge is 0.451 e. The number of carbonyl (C=O) groups excluding carboxylic acids is 1. The maximum absolute atomic E-state index is 13.6. The second-order valence-electron chi connectivity index (χ2n) is 4.54. The molecule has 1 aromatic carbocycles. The Balaban J connectivity index is 0.00000220. The first-order chi connectivity index (χ1) is 9.61. The number of hydrogen-bond donors (Lipinski definition) is 2. The van der Waals surface area contributed by atoms with Gasteiger partial charge >= 0.3 is 0 Å². The number of halogens is 2. The van der Waals surface area contributed by atoms with Crippen molar-refractivity contribution in [2.75, 3.05) is 13.6 Å². The predicted molar refractivity (Wildman–Crippen MR) is 82.2 cm³/mol. The summed E-state index contributed by atoms with van der Waals surface area (Å²) in [7, 11) is 1.82. The summed E-state index contributed by atoms with van der Waals surface area (Å²) in [6.45, 7) is 2.44. The molecule has 0 saturated carbocycles. The van der Waals surface area contributed by atoms with Gasteiger partial charge in [-0.1, -0.05) is 12.1 Å². The topological polar surface area (TPSA) is 54.3 Å². The minimum atomic E-state index is -0.377. The van der Waals surface area contributed by atoms with E-state index in [1.807, 2.05) is 14.0 Å². The Morgan fingerprint density at radius 3 is 2.67 bits per heavy atom. The van der Waals surface area contributed by atoms with Crippen LogP contribution in [0.1, 0.15) is 17.5 Å². The average Bonchev–Trinajstić information content (AvgIpc) is 2.94. The molecule has 0 bridgehead atoms. The highest BCUT2D eigenvalue weighted by Gasteiger charge is 2.14. The third-order valence-corrected chi connectivity index (χ3v) is 3.03. The smallest absolute Gasteiger partial charge is 0.287 e. The van der Waals surface area contributed by atoms with E-state index in [0.29, 0.717) is 17.9 Å². The maximum Gasteiger partial charge on any atom is 0.287 e. The van der Waals surface area contributed by atoms with Crippen LogP contribution < -0.4 is 10.6 Å². The molecule has 2 N–H and O–H groups in total. The fourth-order valence-corrected chi connectivity index (χ4v) is 1.70. The van der Waals surface area contributed by atoms with Gasteiger partial charge in [-0.15, -0.1) is 12.4 Å². The summed E-state index contributed by atoms with van der Waals surface area (Å²) in [4.78, 5) is 11.9. The molecule has 1 unspecified atom stereocenters. The van der Waals surface area contributed by atoms with Crippen molar-refractivity contribution in [1.29, 1.82) is 0 Å². The summed E-state index contributed by atoms with van der Waals surface area (Å²) in [6, 6.07) is 9.59. The minimum Gasteiger partial charge on any atom is -0.451 e. The van der Waals surface area contributed by atoms with Crippen LogP contribution in [0.15, 0.2) is 40.8 Å². The van der Waals surface area contributed by atoms with Crippen LogP contribution in [0.3, 0.4) is 0 Å². The van der Waals surface area contributed by atoms with Crippen LogP contribution in [-0.2, 0) is 0 Å². The van der Waals surface area contributed by atoms with Gasteiger partial charge in [0.1, 0.15) is 11.6 Å². The average molecular weight is 313 g/mol. The Bertz CT molecular complexity index is 601. The Hall–Kier alpha value is -1.85. The first-order valence-electron chi connectivity index (χ1n) is 6.42. The van der Waals surface area contributed by atoms with E-state index in [9.17, 15) is 9.18 Å². The maximum atomic E-state index is 13.6. The zero-order valence-corrected chi connectivity index (χ0v) is 12.7. The van der Waals surface area contributed by atoms with Crippen molar-refractivity contribution in [2.24, 2.45) is 0 Å². The Morgan fingerprint density at radius 2 is 2.00 bits per heavy atom. The lowest BCUT2D eigenvalue weighted by molar-refractivity contribution is 0.0923. The lowest BCUT2D eigenvalue weighted by Crippen LogP contribution is -2.37. The van der Waals surface area contributed by atoms with Crippen LogP contribution in [0.2, 0.25) is 0 Å². The lowest BCUT2D eigenvalue weighted by Gasteiger charge is -2.10. The van der Waals surface area contributed by atoms with Gasteiger partial charge in [0.25, 0.3) is 5.91 Å². The van der Waals surface area contributed by atoms with E-state index in [4.69, 9.17) is 4.42 Å². The number of rotatable bonds is 5. The Morgan fingerprint density at radius 1 is 1.29 bits per heavy atom. The van der Waals surface area contributed by atoms with E-state index in [2.05, 4.69) is 10.6 Å². The second-order valence-corrected chi connectivity index (χ2v) is 4.54. The van der Waals surface area contributed by atoms with Crippen molar-refractivity contribution < 1.29 is 13.6 Å². The van der Waals surface area contributed by atoms with E-state index in [0.717, 1.165) is 0 Å². The van der Waals surface area contributed by atoms with Crippen LogP contribution in [-0.4, -0.2) is 25.5 Å². The zero-order chi connectivity index (χ0) is 14.5. The van der Waals surface area contributed by atoms with Crippen molar-refractivity contribution in [2.45, 2.75) is 13.0 Å². The molecule has 114 valence electrons. The number of furan rings is 1. The summed E-state index contributed by atoms with van der Waals surface area (Å²) in [5.74, 6) is -0.172. The molecule has 0 radical (unpaired) electrons. The van der Waals surface area contributed by atoms with Gasteiger partial charge in [-0.25, -0.2) is 4.39 Å². The molecule has 1 atom stereocenters. The fraction of sp³-hybridized carbons (Fsp3) is 0.267. The second kappa shape index (κ2) is 7.81. The third-order valence-electron chi connectivity index (χ3n) is 3.03. The minimum absolute atomic E-state index is 0. The van der Waals surface area contributed by atoms with Crippen LogP contribution in [0.25, 0.3) is 11.3 Å². The van der Waals surface area contributed by atoms with E-state index in [1.54, 1.807) is 30.3 Å². The van der Waals surface area contributed by atoms with Crippen molar-refractivity contribution in [3.63, 3.8) is 0 Å². The number of benzene rings is 1. The highest BCUT2D eigenvalue weighted by Crippen LogP contribution is 2.24. The molecule has 1 heterocycles. The van der Waals surface area contributed by atoms with Gasteiger partial charge in [0.2, 0.25) is 0 Å². The van der Waals surface area contributed by atoms with Crippen LogP contribution in [0.5, 0.6) is 0 Å². The molecule has 2 rings (SSSR count). The Labute approximate surface area is 129 Å². The summed E-state index contributed by atoms with van der Waals surface area (Å²) < 4.78 is 19.0. The number of hydrogen-bond acceptors (Lipinski definition) is 3. The van der Waals surface area contributed by atoms with Crippen LogP contribution >= 0.6 is 12.4 Å². The standard InChI is InChI=1S/C15H17FN2O2.ClH/c1-10(17-2)9-18-15(19)14-8-7-13(20-14)11-5-3-4-6-12(11)16;/h3-8,10,17H,9H2,1-2H3,(H,18,19);1H. The summed E-state index contributed by atoms with van der Waals surface area (Å²) >= 11 is 0. The molecule has 0 fully saturated rings. The van der Waals surface area contributed by atoms with Gasteiger partial charge in [-0.2, -0.15) is 0 Å². The van der Waals surface area contributed by atoms with Gasteiger partial charge in [0, 0.05) is 12.6 Å². The van der Waals surface area contributed by atoms with Crippen molar-refractivity contribution in [3.8, 4) is 11.3 Å². The molecule has 0 aliphatic heterocycles. The van der Waals surface area contributed by atoms with E-state index in [-0.39, 0.29) is 35.9 Å². The predicted octanol–water partition coefficient (Wildman–Crippen LogP) is 2.85. The molecule has 2 aromatic rings. The van der Waals surface area contributed by atoms with Gasteiger partial charge in [-0.3, -0.25) is 4.79 Å². The molecule has 1 amide bonds. The summed E-state index contributed by atoms with van der Waals surface area (Å²) in [5, 5.41) is 5.76. The number of likely N-dealkylation sites (N-methyl/N-ethyl adjacent to an activating group) is 1. The molecule has 0 aliphatic rings. The number of amides is 1. The first kappa shape index (κ1) is 17.2. The number of nitrogens with one attached hydrogen (secondary N) is 2. The molecule has 1 aromatic heterocycles. The summed E-state index contributed by atoms with van der Waals surface area (Å²) in [6.07, 6.45) is 0. The van der Waals surface area contributed by atoms with Crippen molar-refractivity contribution in [1.82, 2.24) is 10.6 Å². The fourth-order valence-electron chi connectivity index (χ4n) is 1.70. The van der Waals surface area contributed by atoms with E-state index in [1.165, 1.54) is 6.07 Å². The quantitative estimate of drug-likeness (QED) is 0.892. The highest BCUT2D eigenvalue weighted by atomic mass is 35.5. The van der Waals surface area contributed by atoms with Crippen molar-refractivity contribution in [3.05, 3.63) is 48.0 Å².